The number of rotatable bonds is 4. The van der Waals surface area contributed by atoms with Crippen molar-refractivity contribution in [1.29, 1.82) is 0 Å². The molecule has 1 aromatic rings. The van der Waals surface area contributed by atoms with Crippen LogP contribution in [-0.4, -0.2) is 37.5 Å². The van der Waals surface area contributed by atoms with Crippen molar-refractivity contribution in [2.24, 2.45) is 0 Å². The summed E-state index contributed by atoms with van der Waals surface area (Å²) in [5.41, 5.74) is 0. The molecule has 0 spiro atoms. The van der Waals surface area contributed by atoms with Gasteiger partial charge in [-0.2, -0.15) is 23.5 Å². The number of sulfonamides is 1. The van der Waals surface area contributed by atoms with E-state index in [0.29, 0.717) is 6.07 Å². The molecule has 1 saturated heterocycles. The number of hydrogen-bond acceptors (Lipinski definition) is 4. The average Bonchev–Trinajstić information content (AvgIpc) is 2.36. The lowest BCUT2D eigenvalue weighted by atomic mass is 10.3. The SMILES string of the molecule is O=S(=O)(NCC1CSCCS1)c1c(F)cc(F)cc1Br. The van der Waals surface area contributed by atoms with Gasteiger partial charge in [-0.1, -0.05) is 0 Å². The zero-order valence-corrected chi connectivity index (χ0v) is 14.3. The van der Waals surface area contributed by atoms with Crippen LogP contribution in [0.15, 0.2) is 21.5 Å². The lowest BCUT2D eigenvalue weighted by Gasteiger charge is -2.21. The maximum atomic E-state index is 13.7. The molecule has 2 rings (SSSR count). The zero-order chi connectivity index (χ0) is 14.8. The molecule has 0 saturated carbocycles. The Kier molecular flexibility index (Phi) is 5.75. The Morgan fingerprint density at radius 3 is 2.70 bits per heavy atom. The normalized spacial score (nSPS) is 20.1. The number of thioether (sulfide) groups is 2. The smallest absolute Gasteiger partial charge is 0.210 e. The number of benzene rings is 1. The van der Waals surface area contributed by atoms with E-state index >= 15 is 0 Å². The Hall–Kier alpha value is 0.170. The van der Waals surface area contributed by atoms with Crippen molar-refractivity contribution in [3.05, 3.63) is 28.2 Å². The summed E-state index contributed by atoms with van der Waals surface area (Å²) in [6.45, 7) is 0.239. The highest BCUT2D eigenvalue weighted by Gasteiger charge is 2.25. The highest BCUT2D eigenvalue weighted by molar-refractivity contribution is 9.10. The molecule has 0 bridgehead atoms. The van der Waals surface area contributed by atoms with Crippen molar-refractivity contribution in [2.45, 2.75) is 10.1 Å². The molecule has 1 aliphatic rings. The Labute approximate surface area is 133 Å². The van der Waals surface area contributed by atoms with Crippen molar-refractivity contribution < 1.29 is 17.2 Å². The third-order valence-electron chi connectivity index (χ3n) is 2.62. The third-order valence-corrected chi connectivity index (χ3v) is 7.85. The number of halogens is 3. The van der Waals surface area contributed by atoms with E-state index in [1.54, 1.807) is 23.5 Å². The van der Waals surface area contributed by atoms with E-state index in [0.717, 1.165) is 23.3 Å². The molecular weight excluding hydrogens is 392 g/mol. The molecule has 1 heterocycles. The van der Waals surface area contributed by atoms with E-state index in [1.807, 2.05) is 0 Å². The van der Waals surface area contributed by atoms with E-state index < -0.39 is 26.6 Å². The maximum absolute atomic E-state index is 13.7. The summed E-state index contributed by atoms with van der Waals surface area (Å²) in [5.74, 6) is 0.973. The van der Waals surface area contributed by atoms with Crippen LogP contribution < -0.4 is 4.72 Å². The van der Waals surface area contributed by atoms with Crippen LogP contribution in [0.25, 0.3) is 0 Å². The van der Waals surface area contributed by atoms with Gasteiger partial charge in [-0.3, -0.25) is 0 Å². The van der Waals surface area contributed by atoms with E-state index in [1.165, 1.54) is 0 Å². The van der Waals surface area contributed by atoms with Crippen LogP contribution in [0.2, 0.25) is 0 Å². The Morgan fingerprint density at radius 2 is 2.10 bits per heavy atom. The van der Waals surface area contributed by atoms with Crippen molar-refractivity contribution in [2.75, 3.05) is 23.8 Å². The molecule has 9 heteroatoms. The second kappa shape index (κ2) is 6.95. The Balaban J connectivity index is 2.14. The lowest BCUT2D eigenvalue weighted by molar-refractivity contribution is 0.541. The van der Waals surface area contributed by atoms with Crippen molar-refractivity contribution in [1.82, 2.24) is 4.72 Å². The second-order valence-corrected chi connectivity index (χ2v) is 9.23. The number of nitrogens with one attached hydrogen (secondary N) is 1. The third kappa shape index (κ3) is 4.09. The van der Waals surface area contributed by atoms with Gasteiger partial charge in [0.15, 0.2) is 0 Å². The molecule has 1 aliphatic heterocycles. The molecule has 1 atom stereocenters. The number of hydrogen-bond donors (Lipinski definition) is 1. The maximum Gasteiger partial charge on any atom is 0.244 e. The Bertz CT molecular complexity index is 568. The van der Waals surface area contributed by atoms with Crippen molar-refractivity contribution in [3.63, 3.8) is 0 Å². The first kappa shape index (κ1) is 16.5. The van der Waals surface area contributed by atoms with Crippen molar-refractivity contribution in [3.8, 4) is 0 Å². The van der Waals surface area contributed by atoms with Gasteiger partial charge in [0.05, 0.1) is 0 Å². The predicted octanol–water partition coefficient (Wildman–Crippen LogP) is 2.85. The molecule has 0 aliphatic carbocycles. The van der Waals surface area contributed by atoms with Gasteiger partial charge >= 0.3 is 0 Å². The fraction of sp³-hybridized carbons (Fsp3) is 0.455. The van der Waals surface area contributed by atoms with Gasteiger partial charge in [-0.15, -0.1) is 0 Å². The van der Waals surface area contributed by atoms with Crippen LogP contribution in [0.4, 0.5) is 8.78 Å². The largest absolute Gasteiger partial charge is 0.244 e. The van der Waals surface area contributed by atoms with Crippen LogP contribution in [0.3, 0.4) is 0 Å². The predicted molar refractivity (Wildman–Crippen MR) is 82.8 cm³/mol. The fourth-order valence-corrected chi connectivity index (χ4v) is 6.68. The van der Waals surface area contributed by atoms with Gasteiger partial charge in [0.25, 0.3) is 0 Å². The first-order valence-corrected chi connectivity index (χ1v) is 10.2. The van der Waals surface area contributed by atoms with Crippen LogP contribution >= 0.6 is 39.5 Å². The first-order valence-electron chi connectivity index (χ1n) is 5.74. The summed E-state index contributed by atoms with van der Waals surface area (Å²) in [5, 5.41) is 0.172. The quantitative estimate of drug-likeness (QED) is 0.839. The van der Waals surface area contributed by atoms with Gasteiger partial charge in [0.1, 0.15) is 16.5 Å². The molecule has 1 fully saturated rings. The molecule has 3 nitrogen and oxygen atoms in total. The molecule has 0 radical (unpaired) electrons. The molecule has 112 valence electrons. The summed E-state index contributed by atoms with van der Waals surface area (Å²) in [6.07, 6.45) is 0. The van der Waals surface area contributed by atoms with Crippen LogP contribution in [0.5, 0.6) is 0 Å². The molecule has 0 amide bonds. The van der Waals surface area contributed by atoms with E-state index in [4.69, 9.17) is 0 Å². The van der Waals surface area contributed by atoms with Crippen molar-refractivity contribution >= 4 is 49.5 Å². The molecule has 1 unspecified atom stereocenters. The molecule has 1 N–H and O–H groups in total. The van der Waals surface area contributed by atoms with Crippen LogP contribution in [0, 0.1) is 11.6 Å². The van der Waals surface area contributed by atoms with Crippen LogP contribution in [-0.2, 0) is 10.0 Å². The van der Waals surface area contributed by atoms with Gasteiger partial charge < -0.3 is 0 Å². The minimum atomic E-state index is -4.00. The molecule has 20 heavy (non-hydrogen) atoms. The topological polar surface area (TPSA) is 46.2 Å². The van der Waals surface area contributed by atoms with Gasteiger partial charge in [-0.05, 0) is 22.0 Å². The van der Waals surface area contributed by atoms with E-state index in [9.17, 15) is 17.2 Å². The lowest BCUT2D eigenvalue weighted by Crippen LogP contribution is -2.34. The van der Waals surface area contributed by atoms with E-state index in [-0.39, 0.29) is 16.3 Å². The molecule has 0 aromatic heterocycles. The minimum Gasteiger partial charge on any atom is -0.210 e. The first-order chi connectivity index (χ1) is 9.40. The summed E-state index contributed by atoms with van der Waals surface area (Å²) in [7, 11) is -4.00. The monoisotopic (exact) mass is 403 g/mol. The van der Waals surface area contributed by atoms with Gasteiger partial charge in [0.2, 0.25) is 10.0 Å². The standard InChI is InChI=1S/C11H12BrF2NO2S3/c12-9-3-7(13)4-10(14)11(9)20(16,17)15-5-8-6-18-1-2-19-8/h3-4,8,15H,1-2,5-6H2. The highest BCUT2D eigenvalue weighted by Crippen LogP contribution is 2.27. The summed E-state index contributed by atoms with van der Waals surface area (Å²) in [4.78, 5) is -0.549. The van der Waals surface area contributed by atoms with E-state index in [2.05, 4.69) is 20.7 Å². The molecule has 1 aromatic carbocycles. The second-order valence-electron chi connectivity index (χ2n) is 4.12. The summed E-state index contributed by atoms with van der Waals surface area (Å²) in [6, 6.07) is 1.49. The van der Waals surface area contributed by atoms with Gasteiger partial charge in [0, 0.05) is 39.6 Å². The fourth-order valence-electron chi connectivity index (χ4n) is 1.71. The van der Waals surface area contributed by atoms with Gasteiger partial charge in [-0.25, -0.2) is 21.9 Å². The average molecular weight is 404 g/mol. The summed E-state index contributed by atoms with van der Waals surface area (Å²) < 4.78 is 53.1. The minimum absolute atomic E-state index is 0.117. The summed E-state index contributed by atoms with van der Waals surface area (Å²) >= 11 is 6.36. The van der Waals surface area contributed by atoms with Crippen LogP contribution in [0.1, 0.15) is 0 Å². The Morgan fingerprint density at radius 1 is 1.35 bits per heavy atom. The molecular formula is C11H12BrF2NO2S3. The zero-order valence-electron chi connectivity index (χ0n) is 10.2. The highest BCUT2D eigenvalue weighted by atomic mass is 79.9.